The Hall–Kier alpha value is -1.90. The molecular weight excluding hydrogens is 368 g/mol. The molecule has 0 aliphatic rings. The smallest absolute Gasteiger partial charge is 0.232 e. The van der Waals surface area contributed by atoms with Crippen LogP contribution in [0.2, 0.25) is 0 Å². The number of unbranched alkanes of at least 4 members (excludes halogenated alkanes) is 9. The van der Waals surface area contributed by atoms with Crippen LogP contribution in [0.3, 0.4) is 0 Å². The second-order valence-electron chi connectivity index (χ2n) is 8.69. The summed E-state index contributed by atoms with van der Waals surface area (Å²) in [6.07, 6.45) is 19.7. The Morgan fingerprint density at radius 3 is 1.97 bits per heavy atom. The van der Waals surface area contributed by atoms with Crippen LogP contribution in [0.15, 0.2) is 36.7 Å². The lowest BCUT2D eigenvalue weighted by atomic mass is 10.0. The molecule has 1 unspecified atom stereocenters. The molecule has 30 heavy (non-hydrogen) atoms. The van der Waals surface area contributed by atoms with E-state index in [0.717, 1.165) is 17.7 Å². The molecule has 2 aromatic rings. The lowest BCUT2D eigenvalue weighted by Crippen LogP contribution is -2.08. The maximum absolute atomic E-state index is 5.70. The van der Waals surface area contributed by atoms with Crippen LogP contribution < -0.4 is 4.74 Å². The van der Waals surface area contributed by atoms with Gasteiger partial charge in [-0.3, -0.25) is 0 Å². The predicted molar refractivity (Wildman–Crippen MR) is 128 cm³/mol. The summed E-state index contributed by atoms with van der Waals surface area (Å²) in [6.45, 7) is 7.32. The van der Waals surface area contributed by atoms with Gasteiger partial charge in [0.25, 0.3) is 0 Å². The lowest BCUT2D eigenvalue weighted by Gasteiger charge is -2.10. The molecule has 1 heterocycles. The number of nitrogens with zero attached hydrogens (tertiary/aromatic N) is 2. The van der Waals surface area contributed by atoms with E-state index in [1.807, 2.05) is 6.20 Å². The van der Waals surface area contributed by atoms with Gasteiger partial charge in [-0.05, 0) is 24.3 Å². The number of aryl methyl sites for hydroxylation is 1. The second-order valence-corrected chi connectivity index (χ2v) is 8.69. The highest BCUT2D eigenvalue weighted by Gasteiger charge is 2.04. The molecule has 1 aromatic heterocycles. The summed E-state index contributed by atoms with van der Waals surface area (Å²) in [4.78, 5) is 8.93. The minimum atomic E-state index is 0.537. The van der Waals surface area contributed by atoms with Gasteiger partial charge in [0.1, 0.15) is 0 Å². The van der Waals surface area contributed by atoms with E-state index in [9.17, 15) is 0 Å². The fraction of sp³-hybridized carbons (Fsp3) is 0.630. The molecule has 0 radical (unpaired) electrons. The first-order valence-electron chi connectivity index (χ1n) is 12.3. The van der Waals surface area contributed by atoms with Crippen molar-refractivity contribution in [2.45, 2.75) is 97.8 Å². The summed E-state index contributed by atoms with van der Waals surface area (Å²) in [5.74, 6) is 1.14. The predicted octanol–water partition coefficient (Wildman–Crippen LogP) is 8.03. The highest BCUT2D eigenvalue weighted by molar-refractivity contribution is 5.58. The molecule has 0 aliphatic carbocycles. The second kappa shape index (κ2) is 15.0. The van der Waals surface area contributed by atoms with Crippen LogP contribution >= 0.6 is 0 Å². The molecule has 0 aliphatic heterocycles. The summed E-state index contributed by atoms with van der Waals surface area (Å²) in [7, 11) is 0. The van der Waals surface area contributed by atoms with Gasteiger partial charge >= 0.3 is 0 Å². The minimum absolute atomic E-state index is 0.537. The van der Waals surface area contributed by atoms with Crippen molar-refractivity contribution >= 4 is 0 Å². The third kappa shape index (κ3) is 9.73. The molecule has 3 heteroatoms. The van der Waals surface area contributed by atoms with Crippen molar-refractivity contribution in [3.8, 4) is 17.1 Å². The van der Waals surface area contributed by atoms with Crippen molar-refractivity contribution in [2.24, 2.45) is 5.92 Å². The largest absolute Gasteiger partial charge is 0.476 e. The normalized spacial score (nSPS) is 12.1. The first-order chi connectivity index (χ1) is 14.7. The molecule has 0 saturated carbocycles. The van der Waals surface area contributed by atoms with Crippen LogP contribution in [-0.2, 0) is 6.42 Å². The van der Waals surface area contributed by atoms with Crippen LogP contribution in [0.1, 0.15) is 97.0 Å². The number of rotatable bonds is 16. The van der Waals surface area contributed by atoms with Crippen molar-refractivity contribution in [1.82, 2.24) is 9.97 Å². The Labute approximate surface area is 184 Å². The van der Waals surface area contributed by atoms with Crippen LogP contribution in [0.5, 0.6) is 5.88 Å². The maximum atomic E-state index is 5.70. The van der Waals surface area contributed by atoms with Gasteiger partial charge in [0.2, 0.25) is 5.88 Å². The average Bonchev–Trinajstić information content (AvgIpc) is 2.79. The average molecular weight is 411 g/mol. The molecule has 0 saturated heterocycles. The van der Waals surface area contributed by atoms with E-state index in [1.54, 1.807) is 6.20 Å². The summed E-state index contributed by atoms with van der Waals surface area (Å²) in [5.41, 5.74) is 3.43. The van der Waals surface area contributed by atoms with E-state index >= 15 is 0 Å². The van der Waals surface area contributed by atoms with Crippen molar-refractivity contribution in [2.75, 3.05) is 6.61 Å². The first kappa shape index (κ1) is 24.4. The van der Waals surface area contributed by atoms with Crippen molar-refractivity contribution in [3.63, 3.8) is 0 Å². The SMILES string of the molecule is CCCCCCCCCCCCc1ccc(-c2cnc(OCC(C)CC)cn2)cc1. The van der Waals surface area contributed by atoms with Gasteiger partial charge in [-0.15, -0.1) is 0 Å². The highest BCUT2D eigenvalue weighted by atomic mass is 16.5. The molecule has 0 fully saturated rings. The Kier molecular flexibility index (Phi) is 12.2. The molecule has 0 spiro atoms. The fourth-order valence-corrected chi connectivity index (χ4v) is 3.54. The number of hydrogen-bond donors (Lipinski definition) is 0. The molecule has 3 nitrogen and oxygen atoms in total. The molecule has 0 bridgehead atoms. The quantitative estimate of drug-likeness (QED) is 0.263. The van der Waals surface area contributed by atoms with Gasteiger partial charge in [0.05, 0.1) is 24.7 Å². The van der Waals surface area contributed by atoms with E-state index in [1.165, 1.54) is 76.2 Å². The summed E-state index contributed by atoms with van der Waals surface area (Å²) in [5, 5.41) is 0. The molecule has 1 aromatic carbocycles. The zero-order valence-corrected chi connectivity index (χ0v) is 19.5. The molecule has 0 N–H and O–H groups in total. The van der Waals surface area contributed by atoms with Gasteiger partial charge in [0.15, 0.2) is 0 Å². The highest BCUT2D eigenvalue weighted by Crippen LogP contribution is 2.20. The van der Waals surface area contributed by atoms with E-state index < -0.39 is 0 Å². The van der Waals surface area contributed by atoms with E-state index in [-0.39, 0.29) is 0 Å². The fourth-order valence-electron chi connectivity index (χ4n) is 3.54. The van der Waals surface area contributed by atoms with E-state index in [0.29, 0.717) is 18.4 Å². The zero-order chi connectivity index (χ0) is 21.4. The topological polar surface area (TPSA) is 35.0 Å². The van der Waals surface area contributed by atoms with Gasteiger partial charge in [0, 0.05) is 5.56 Å². The Morgan fingerprint density at radius 1 is 0.767 bits per heavy atom. The van der Waals surface area contributed by atoms with Gasteiger partial charge in [-0.1, -0.05) is 109 Å². The van der Waals surface area contributed by atoms with E-state index in [2.05, 4.69) is 55.0 Å². The van der Waals surface area contributed by atoms with Gasteiger partial charge in [-0.2, -0.15) is 0 Å². The maximum Gasteiger partial charge on any atom is 0.232 e. The van der Waals surface area contributed by atoms with Crippen molar-refractivity contribution in [3.05, 3.63) is 42.2 Å². The van der Waals surface area contributed by atoms with Gasteiger partial charge in [-0.25, -0.2) is 9.97 Å². The molecule has 2 rings (SSSR count). The Bertz CT molecular complexity index is 666. The van der Waals surface area contributed by atoms with Crippen molar-refractivity contribution < 1.29 is 4.74 Å². The monoisotopic (exact) mass is 410 g/mol. The number of hydrogen-bond acceptors (Lipinski definition) is 3. The third-order valence-electron chi connectivity index (χ3n) is 5.91. The zero-order valence-electron chi connectivity index (χ0n) is 19.5. The van der Waals surface area contributed by atoms with Gasteiger partial charge < -0.3 is 4.74 Å². The van der Waals surface area contributed by atoms with Crippen LogP contribution in [0.4, 0.5) is 0 Å². The molecule has 166 valence electrons. The number of aromatic nitrogens is 2. The van der Waals surface area contributed by atoms with Crippen molar-refractivity contribution in [1.29, 1.82) is 0 Å². The molecular formula is C27H42N2O. The Morgan fingerprint density at radius 2 is 1.40 bits per heavy atom. The van der Waals surface area contributed by atoms with Crippen LogP contribution in [0.25, 0.3) is 11.3 Å². The van der Waals surface area contributed by atoms with Crippen LogP contribution in [0, 0.1) is 5.92 Å². The summed E-state index contributed by atoms with van der Waals surface area (Å²) < 4.78 is 5.70. The third-order valence-corrected chi connectivity index (χ3v) is 5.91. The molecule has 0 amide bonds. The summed E-state index contributed by atoms with van der Waals surface area (Å²) in [6, 6.07) is 8.79. The lowest BCUT2D eigenvalue weighted by molar-refractivity contribution is 0.247. The van der Waals surface area contributed by atoms with Crippen LogP contribution in [-0.4, -0.2) is 16.6 Å². The first-order valence-corrected chi connectivity index (χ1v) is 12.3. The van der Waals surface area contributed by atoms with E-state index in [4.69, 9.17) is 4.74 Å². The Balaban J connectivity index is 1.64. The summed E-state index contributed by atoms with van der Waals surface area (Å²) >= 11 is 0. The molecule has 1 atom stereocenters. The number of benzene rings is 1. The number of ether oxygens (including phenoxy) is 1. The minimum Gasteiger partial charge on any atom is -0.476 e. The standard InChI is InChI=1S/C27H42N2O/c1-4-6-7-8-9-10-11-12-13-14-15-24-16-18-25(19-17-24)26-20-29-27(21-28-26)30-22-23(3)5-2/h16-21,23H,4-15,22H2,1-3H3.